The van der Waals surface area contributed by atoms with Crippen LogP contribution in [0.25, 0.3) is 0 Å². The van der Waals surface area contributed by atoms with Gasteiger partial charge in [0, 0.05) is 0 Å². The first kappa shape index (κ1) is 76.6. The highest BCUT2D eigenvalue weighted by Crippen LogP contribution is 2.21. The molecule has 25 heteroatoms. The normalized spacial score (nSPS) is 28.0. The number of amides is 6. The molecule has 25 nitrogen and oxygen atoms in total. The lowest BCUT2D eigenvalue weighted by Crippen LogP contribution is -2.56. The van der Waals surface area contributed by atoms with Crippen LogP contribution in [0.4, 0.5) is 0 Å². The molecule has 1 aliphatic rings. The maximum Gasteiger partial charge on any atom is 0.332 e. The van der Waals surface area contributed by atoms with Gasteiger partial charge in [-0.2, -0.15) is 0 Å². The van der Waals surface area contributed by atoms with Gasteiger partial charge in [0.2, 0.25) is 0 Å². The molecule has 1 rings (SSSR count). The first-order chi connectivity index (χ1) is 39.0. The van der Waals surface area contributed by atoms with Crippen molar-refractivity contribution in [2.45, 2.75) is 263 Å². The second-order valence-electron chi connectivity index (χ2n) is 26.0. The summed E-state index contributed by atoms with van der Waals surface area (Å²) in [5.41, 5.74) is -0.894. The molecule has 0 aromatic rings. The number of carbonyl (C=O) groups is 12. The van der Waals surface area contributed by atoms with Crippen molar-refractivity contribution in [3.05, 3.63) is 0 Å². The largest absolute Gasteiger partial charge is 0.451 e. The number of hydrogen-bond acceptors (Lipinski definition) is 19. The number of ether oxygens (including phenoxy) is 7. The fourth-order valence-electron chi connectivity index (χ4n) is 8.49. The summed E-state index contributed by atoms with van der Waals surface area (Å²) >= 11 is 0. The summed E-state index contributed by atoms with van der Waals surface area (Å²) in [6, 6.07) is -8.70. The highest BCUT2D eigenvalue weighted by Gasteiger charge is 2.42. The van der Waals surface area contributed by atoms with Gasteiger partial charge in [-0.3, -0.25) is 28.8 Å². The minimum Gasteiger partial charge on any atom is -0.451 e. The van der Waals surface area contributed by atoms with Crippen molar-refractivity contribution in [1.29, 1.82) is 0 Å². The zero-order valence-corrected chi connectivity index (χ0v) is 54.5. The van der Waals surface area contributed by atoms with Crippen molar-refractivity contribution in [3.63, 3.8) is 0 Å². The zero-order chi connectivity index (χ0) is 65.9. The van der Waals surface area contributed by atoms with Crippen molar-refractivity contribution in [2.24, 2.45) is 47.3 Å². The van der Waals surface area contributed by atoms with Crippen molar-refractivity contribution >= 4 is 71.3 Å². The molecule has 0 bridgehead atoms. The van der Waals surface area contributed by atoms with Gasteiger partial charge in [0.1, 0.15) is 30.2 Å². The third-order valence-corrected chi connectivity index (χ3v) is 13.3. The molecule has 1 heterocycles. The predicted octanol–water partition coefficient (Wildman–Crippen LogP) is 4.06. The molecule has 486 valence electrons. The Balaban J connectivity index is 4.05. The maximum absolute atomic E-state index is 14.3. The van der Waals surface area contributed by atoms with Gasteiger partial charge in [0.25, 0.3) is 35.4 Å². The van der Waals surface area contributed by atoms with E-state index in [1.165, 1.54) is 27.7 Å². The summed E-state index contributed by atoms with van der Waals surface area (Å²) < 4.78 is 40.1. The molecule has 0 spiro atoms. The molecule has 6 amide bonds. The van der Waals surface area contributed by atoms with Crippen molar-refractivity contribution in [1.82, 2.24) is 31.9 Å². The quantitative estimate of drug-likeness (QED) is 0.112. The van der Waals surface area contributed by atoms with Crippen LogP contribution in [0.15, 0.2) is 0 Å². The summed E-state index contributed by atoms with van der Waals surface area (Å²) in [6.07, 6.45) is -10.7. The summed E-state index contributed by atoms with van der Waals surface area (Å²) in [5, 5.41) is 15.3. The Morgan fingerprint density at radius 1 is 0.318 bits per heavy atom. The summed E-state index contributed by atoms with van der Waals surface area (Å²) in [4.78, 5) is 168. The first-order valence-corrected chi connectivity index (χ1v) is 29.7. The standard InChI is InChI=1S/C60H102N6O19/c1-27(2)24-39-51(70)63-42(30(7)8)54(73)79-36(18)48(67)61-46(34(15)16)58(77)83-40(25-28(3)4)52(71)64-44(32(11)12)56(75)81-38(20)50(69)66-47(35(17)85-60(21,22)23)59(78)84-41(26-29(5)6)53(72)65-43(31(9)10)55(74)80-37(19)49(68)62-45(33(13)14)57(76)82-39/h27-47H,24-26H2,1-23H3,(H,61,67)(H,62,68)(H,63,70)(H,64,71)(H,65,72)(H,66,69)/t35-,36+,37+,38+,39-,40-,41-,42-,43-,44-,45+,46+,47+/m1/s1. The van der Waals surface area contributed by atoms with Gasteiger partial charge in [-0.15, -0.1) is 0 Å². The van der Waals surface area contributed by atoms with Crippen molar-refractivity contribution < 1.29 is 90.7 Å². The van der Waals surface area contributed by atoms with Gasteiger partial charge in [-0.1, -0.05) is 111 Å². The number of cyclic esters (lactones) is 6. The van der Waals surface area contributed by atoms with E-state index in [9.17, 15) is 57.5 Å². The van der Waals surface area contributed by atoms with Crippen LogP contribution in [-0.2, 0) is 90.7 Å². The molecule has 0 saturated carbocycles. The molecule has 0 aromatic carbocycles. The molecule has 0 aromatic heterocycles. The van der Waals surface area contributed by atoms with E-state index in [1.807, 2.05) is 0 Å². The topological polar surface area (TPSA) is 342 Å². The Kier molecular flexibility index (Phi) is 31.2. The SMILES string of the molecule is CC(C)C[C@H]1OC(=O)[C@H](C(C)C)NC(=O)[C@H](C)OC(=O)[C@@H](C(C)C)NC(=O)[C@@H](CC(C)C)OC(=O)[C@H]([C@@H](C)OC(C)(C)C)NC(=O)[C@H](C)OC(=O)[C@@H](C(C)C)NC(=O)[C@@H](CC(C)C)OC(=O)[C@H](C(C)C)NC(=O)[C@H](C)OC(=O)[C@@H](C(C)C)NC1=O. The number of rotatable bonds is 13. The fraction of sp³-hybridized carbons (Fsp3) is 0.800. The van der Waals surface area contributed by atoms with Crippen molar-refractivity contribution in [2.75, 3.05) is 0 Å². The third kappa shape index (κ3) is 26.0. The van der Waals surface area contributed by atoms with Gasteiger partial charge in [0.05, 0.1) is 11.7 Å². The van der Waals surface area contributed by atoms with E-state index in [2.05, 4.69) is 31.9 Å². The lowest BCUT2D eigenvalue weighted by Gasteiger charge is -2.32. The molecule has 85 heavy (non-hydrogen) atoms. The first-order valence-electron chi connectivity index (χ1n) is 29.7. The lowest BCUT2D eigenvalue weighted by molar-refractivity contribution is -0.169. The van der Waals surface area contributed by atoms with Crippen LogP contribution < -0.4 is 31.9 Å². The van der Waals surface area contributed by atoms with E-state index in [1.54, 1.807) is 132 Å². The van der Waals surface area contributed by atoms with E-state index in [0.29, 0.717) is 0 Å². The molecule has 0 radical (unpaired) electrons. The van der Waals surface area contributed by atoms with Gasteiger partial charge >= 0.3 is 35.8 Å². The molecule has 1 saturated heterocycles. The number of hydrogen-bond donors (Lipinski definition) is 6. The summed E-state index contributed by atoms with van der Waals surface area (Å²) in [6.45, 7) is 36.7. The molecular weight excluding hydrogens is 1110 g/mol. The molecule has 6 N–H and O–H groups in total. The number of esters is 6. The van der Waals surface area contributed by atoms with Gasteiger partial charge in [0.15, 0.2) is 42.7 Å². The van der Waals surface area contributed by atoms with Gasteiger partial charge < -0.3 is 65.1 Å². The van der Waals surface area contributed by atoms with Gasteiger partial charge in [-0.05, 0) is 115 Å². The van der Waals surface area contributed by atoms with Gasteiger partial charge in [-0.25, -0.2) is 28.8 Å². The predicted molar refractivity (Wildman–Crippen MR) is 311 cm³/mol. The van der Waals surface area contributed by atoms with E-state index in [0.717, 1.165) is 0 Å². The Morgan fingerprint density at radius 2 is 0.506 bits per heavy atom. The lowest BCUT2D eigenvalue weighted by atomic mass is 10.0. The monoisotopic (exact) mass is 1210 g/mol. The van der Waals surface area contributed by atoms with Crippen LogP contribution >= 0.6 is 0 Å². The van der Waals surface area contributed by atoms with Crippen LogP contribution in [0.5, 0.6) is 0 Å². The van der Waals surface area contributed by atoms with E-state index >= 15 is 0 Å². The van der Waals surface area contributed by atoms with E-state index < -0.39 is 185 Å². The van der Waals surface area contributed by atoms with Crippen LogP contribution in [0.3, 0.4) is 0 Å². The fourth-order valence-corrected chi connectivity index (χ4v) is 8.49. The maximum atomic E-state index is 14.3. The molecule has 13 atom stereocenters. The Bertz CT molecular complexity index is 2300. The second kappa shape index (κ2) is 34.7. The average Bonchev–Trinajstić information content (AvgIpc) is 3.51. The Labute approximate surface area is 502 Å². The van der Waals surface area contributed by atoms with E-state index in [-0.39, 0.29) is 37.0 Å². The van der Waals surface area contributed by atoms with Crippen molar-refractivity contribution in [3.8, 4) is 0 Å². The minimum absolute atomic E-state index is 0.0407. The second-order valence-corrected chi connectivity index (χ2v) is 26.0. The Hall–Kier alpha value is -6.40. The summed E-state index contributed by atoms with van der Waals surface area (Å²) in [5.74, 6) is -16.1. The highest BCUT2D eigenvalue weighted by atomic mass is 16.6. The number of nitrogens with one attached hydrogen (secondary N) is 6. The Morgan fingerprint density at radius 3 is 0.706 bits per heavy atom. The molecule has 1 aliphatic heterocycles. The summed E-state index contributed by atoms with van der Waals surface area (Å²) in [7, 11) is 0. The van der Waals surface area contributed by atoms with Crippen LogP contribution in [-0.4, -0.2) is 156 Å². The molecule has 1 fully saturated rings. The third-order valence-electron chi connectivity index (χ3n) is 13.3. The zero-order valence-electron chi connectivity index (χ0n) is 54.5. The van der Waals surface area contributed by atoms with Crippen LogP contribution in [0.2, 0.25) is 0 Å². The van der Waals surface area contributed by atoms with E-state index in [4.69, 9.17) is 33.2 Å². The molecular formula is C60H102N6O19. The smallest absolute Gasteiger partial charge is 0.332 e. The average molecular weight is 1210 g/mol. The number of carbonyl (C=O) groups excluding carboxylic acids is 12. The highest BCUT2D eigenvalue weighted by molar-refractivity contribution is 5.95. The minimum atomic E-state index is -1.63. The molecule has 0 unspecified atom stereocenters. The molecule has 0 aliphatic carbocycles. The van der Waals surface area contributed by atoms with Crippen LogP contribution in [0, 0.1) is 47.3 Å². The van der Waals surface area contributed by atoms with Crippen LogP contribution in [0.1, 0.15) is 179 Å².